The van der Waals surface area contributed by atoms with Gasteiger partial charge in [0.25, 0.3) is 0 Å². The maximum Gasteiger partial charge on any atom is 0.135 e. The molecule has 0 aliphatic carbocycles. The van der Waals surface area contributed by atoms with Crippen LogP contribution in [0.1, 0.15) is 30.0 Å². The molecule has 25 heavy (non-hydrogen) atoms. The summed E-state index contributed by atoms with van der Waals surface area (Å²) < 4.78 is 0. The Balaban J connectivity index is 1.58. The highest BCUT2D eigenvalue weighted by atomic mass is 15.2. The fraction of sp³-hybridized carbons (Fsp3) is 0.227. The molecule has 3 nitrogen and oxygen atoms in total. The lowest BCUT2D eigenvalue weighted by molar-refractivity contribution is 0.249. The Morgan fingerprint density at radius 3 is 2.48 bits per heavy atom. The average molecular weight is 329 g/mol. The Hall–Kier alpha value is -2.65. The van der Waals surface area contributed by atoms with E-state index in [1.165, 1.54) is 24.0 Å². The summed E-state index contributed by atoms with van der Waals surface area (Å²) in [4.78, 5) is 7.19. The normalized spacial score (nSPS) is 17.5. The number of nitrogens with zero attached hydrogens (tertiary/aromatic N) is 2. The molecule has 0 radical (unpaired) electrons. The van der Waals surface area contributed by atoms with Gasteiger partial charge in [0, 0.05) is 30.0 Å². The molecule has 0 unspecified atom stereocenters. The standard InChI is InChI=1S/C22H23N3/c1-3-9-18(10-4-1)17-25-16-8-14-21(25)20-13-7-15-23-22(20)24-19-11-5-2-6-12-19/h1-7,9-13,15,21H,8,14,16-17H2,(H,23,24)/t21-/m1/s1. The first-order chi connectivity index (χ1) is 12.4. The SMILES string of the molecule is c1ccc(CN2CCC[C@@H]2c2cccnc2Nc2ccccc2)cc1. The number of hydrogen-bond acceptors (Lipinski definition) is 3. The van der Waals surface area contributed by atoms with Gasteiger partial charge in [-0.05, 0) is 43.1 Å². The van der Waals surface area contributed by atoms with Gasteiger partial charge in [-0.25, -0.2) is 4.98 Å². The van der Waals surface area contributed by atoms with Crippen molar-refractivity contribution in [1.82, 2.24) is 9.88 Å². The van der Waals surface area contributed by atoms with Crippen LogP contribution in [0.15, 0.2) is 79.0 Å². The number of likely N-dealkylation sites (tertiary alicyclic amines) is 1. The molecule has 1 saturated heterocycles. The fourth-order valence-electron chi connectivity index (χ4n) is 3.63. The number of benzene rings is 2. The Kier molecular flexibility index (Phi) is 4.75. The molecular formula is C22H23N3. The van der Waals surface area contributed by atoms with E-state index in [4.69, 9.17) is 0 Å². The third-order valence-electron chi connectivity index (χ3n) is 4.83. The van der Waals surface area contributed by atoms with Crippen LogP contribution < -0.4 is 5.32 Å². The van der Waals surface area contributed by atoms with Gasteiger partial charge in [-0.3, -0.25) is 4.90 Å². The van der Waals surface area contributed by atoms with Gasteiger partial charge in [-0.2, -0.15) is 0 Å². The molecular weight excluding hydrogens is 306 g/mol. The molecule has 4 rings (SSSR count). The highest BCUT2D eigenvalue weighted by Crippen LogP contribution is 2.36. The molecule has 2 heterocycles. The van der Waals surface area contributed by atoms with E-state index < -0.39 is 0 Å². The third-order valence-corrected chi connectivity index (χ3v) is 4.83. The molecule has 1 N–H and O–H groups in total. The number of aromatic nitrogens is 1. The maximum absolute atomic E-state index is 4.62. The van der Waals surface area contributed by atoms with Crippen LogP contribution in [0.25, 0.3) is 0 Å². The van der Waals surface area contributed by atoms with E-state index >= 15 is 0 Å². The maximum atomic E-state index is 4.62. The predicted molar refractivity (Wildman–Crippen MR) is 103 cm³/mol. The summed E-state index contributed by atoms with van der Waals surface area (Å²) in [5.74, 6) is 0.971. The molecule has 2 aromatic carbocycles. The van der Waals surface area contributed by atoms with Gasteiger partial charge in [-0.1, -0.05) is 54.6 Å². The van der Waals surface area contributed by atoms with Crippen molar-refractivity contribution < 1.29 is 0 Å². The van der Waals surface area contributed by atoms with E-state index in [-0.39, 0.29) is 0 Å². The summed E-state index contributed by atoms with van der Waals surface area (Å²) in [6, 6.07) is 25.7. The molecule has 1 aliphatic rings. The minimum Gasteiger partial charge on any atom is -0.340 e. The highest BCUT2D eigenvalue weighted by Gasteiger charge is 2.28. The average Bonchev–Trinajstić information content (AvgIpc) is 3.12. The zero-order valence-corrected chi connectivity index (χ0v) is 14.3. The second-order valence-corrected chi connectivity index (χ2v) is 6.55. The van der Waals surface area contributed by atoms with Gasteiger partial charge in [0.15, 0.2) is 0 Å². The second-order valence-electron chi connectivity index (χ2n) is 6.55. The molecule has 0 amide bonds. The summed E-state index contributed by atoms with van der Waals surface area (Å²) in [6.45, 7) is 2.13. The Labute approximate surface area is 149 Å². The van der Waals surface area contributed by atoms with Crippen molar-refractivity contribution in [1.29, 1.82) is 0 Å². The first kappa shape index (κ1) is 15.9. The lowest BCUT2D eigenvalue weighted by Gasteiger charge is -2.26. The van der Waals surface area contributed by atoms with Gasteiger partial charge in [0.1, 0.15) is 5.82 Å². The van der Waals surface area contributed by atoms with Crippen LogP contribution in [0.3, 0.4) is 0 Å². The van der Waals surface area contributed by atoms with Gasteiger partial charge >= 0.3 is 0 Å². The van der Waals surface area contributed by atoms with Crippen LogP contribution in [0.4, 0.5) is 11.5 Å². The number of hydrogen-bond donors (Lipinski definition) is 1. The van der Waals surface area contributed by atoms with Crippen LogP contribution >= 0.6 is 0 Å². The summed E-state index contributed by atoms with van der Waals surface area (Å²) in [7, 11) is 0. The Morgan fingerprint density at radius 2 is 1.68 bits per heavy atom. The van der Waals surface area contributed by atoms with Crippen LogP contribution in [0, 0.1) is 0 Å². The molecule has 1 aliphatic heterocycles. The number of nitrogens with one attached hydrogen (secondary N) is 1. The number of rotatable bonds is 5. The lowest BCUT2D eigenvalue weighted by Crippen LogP contribution is -2.23. The first-order valence-electron chi connectivity index (χ1n) is 8.95. The molecule has 3 aromatic rings. The van der Waals surface area contributed by atoms with Crippen molar-refractivity contribution >= 4 is 11.5 Å². The first-order valence-corrected chi connectivity index (χ1v) is 8.95. The molecule has 126 valence electrons. The zero-order chi connectivity index (χ0) is 16.9. The quantitative estimate of drug-likeness (QED) is 0.700. The van der Waals surface area contributed by atoms with Crippen molar-refractivity contribution in [3.05, 3.63) is 90.1 Å². The van der Waals surface area contributed by atoms with E-state index in [1.54, 1.807) is 0 Å². The van der Waals surface area contributed by atoms with E-state index in [2.05, 4.69) is 63.7 Å². The van der Waals surface area contributed by atoms with Gasteiger partial charge in [0.2, 0.25) is 0 Å². The van der Waals surface area contributed by atoms with E-state index in [0.717, 1.165) is 24.6 Å². The van der Waals surface area contributed by atoms with Crippen LogP contribution in [0.5, 0.6) is 0 Å². The molecule has 3 heteroatoms. The van der Waals surface area contributed by atoms with E-state index in [0.29, 0.717) is 6.04 Å². The van der Waals surface area contributed by atoms with Gasteiger partial charge in [0.05, 0.1) is 0 Å². The third kappa shape index (κ3) is 3.72. The Morgan fingerprint density at radius 1 is 0.920 bits per heavy atom. The van der Waals surface area contributed by atoms with Crippen molar-refractivity contribution in [2.45, 2.75) is 25.4 Å². The number of pyridine rings is 1. The minimum absolute atomic E-state index is 0.417. The molecule has 1 atom stereocenters. The summed E-state index contributed by atoms with van der Waals surface area (Å²) in [5, 5.41) is 3.50. The summed E-state index contributed by atoms with van der Waals surface area (Å²) in [5.41, 5.74) is 3.74. The van der Waals surface area contributed by atoms with Crippen LogP contribution in [0.2, 0.25) is 0 Å². The monoisotopic (exact) mass is 329 g/mol. The fourth-order valence-corrected chi connectivity index (χ4v) is 3.63. The highest BCUT2D eigenvalue weighted by molar-refractivity contribution is 5.59. The lowest BCUT2D eigenvalue weighted by atomic mass is 10.0. The van der Waals surface area contributed by atoms with Crippen molar-refractivity contribution in [2.75, 3.05) is 11.9 Å². The molecule has 0 bridgehead atoms. The number of para-hydroxylation sites is 1. The second kappa shape index (κ2) is 7.49. The molecule has 1 fully saturated rings. The topological polar surface area (TPSA) is 28.2 Å². The molecule has 1 aromatic heterocycles. The van der Waals surface area contributed by atoms with Crippen molar-refractivity contribution in [3.63, 3.8) is 0 Å². The van der Waals surface area contributed by atoms with E-state index in [1.807, 2.05) is 30.5 Å². The predicted octanol–water partition coefficient (Wildman–Crippen LogP) is 5.16. The van der Waals surface area contributed by atoms with E-state index in [9.17, 15) is 0 Å². The van der Waals surface area contributed by atoms with Crippen LogP contribution in [-0.2, 0) is 6.54 Å². The zero-order valence-electron chi connectivity index (χ0n) is 14.3. The Bertz CT molecular complexity index is 802. The van der Waals surface area contributed by atoms with Crippen LogP contribution in [-0.4, -0.2) is 16.4 Å². The summed E-state index contributed by atoms with van der Waals surface area (Å²) >= 11 is 0. The molecule has 0 saturated carbocycles. The smallest absolute Gasteiger partial charge is 0.135 e. The number of anilines is 2. The minimum atomic E-state index is 0.417. The van der Waals surface area contributed by atoms with Crippen molar-refractivity contribution in [2.24, 2.45) is 0 Å². The molecule has 0 spiro atoms. The van der Waals surface area contributed by atoms with Gasteiger partial charge < -0.3 is 5.32 Å². The van der Waals surface area contributed by atoms with Gasteiger partial charge in [-0.15, -0.1) is 0 Å². The summed E-state index contributed by atoms with van der Waals surface area (Å²) in [6.07, 6.45) is 4.28. The largest absolute Gasteiger partial charge is 0.340 e. The van der Waals surface area contributed by atoms with Crippen molar-refractivity contribution in [3.8, 4) is 0 Å².